The Morgan fingerprint density at radius 1 is 1.44 bits per heavy atom. The number of hydrogen-bond acceptors (Lipinski definition) is 3. The first kappa shape index (κ1) is 14.6. The third kappa shape index (κ3) is 5.22. The topological polar surface area (TPSA) is 53.3 Å². The van der Waals surface area contributed by atoms with Crippen molar-refractivity contribution in [2.24, 2.45) is 5.92 Å². The lowest BCUT2D eigenvalue weighted by Gasteiger charge is -2.33. The van der Waals surface area contributed by atoms with Gasteiger partial charge in [-0.3, -0.25) is 0 Å². The molecule has 1 aliphatic heterocycles. The molecule has 0 spiro atoms. The number of piperidine rings is 1. The van der Waals surface area contributed by atoms with Crippen LogP contribution in [0.15, 0.2) is 12.2 Å². The number of hydrogen-bond donors (Lipinski definition) is 0. The molecule has 0 N–H and O–H groups in total. The molecule has 18 heavy (non-hydrogen) atoms. The maximum absolute atomic E-state index is 11.8. The van der Waals surface area contributed by atoms with E-state index in [1.807, 2.05) is 32.9 Å². The summed E-state index contributed by atoms with van der Waals surface area (Å²) in [7, 11) is 0. The minimum atomic E-state index is -0.427. The van der Waals surface area contributed by atoms with Crippen LogP contribution < -0.4 is 0 Å². The lowest BCUT2D eigenvalue weighted by Crippen LogP contribution is -2.41. The van der Waals surface area contributed by atoms with E-state index in [1.54, 1.807) is 4.90 Å². The maximum Gasteiger partial charge on any atom is 0.410 e. The molecule has 4 nitrogen and oxygen atoms in total. The molecule has 1 amide bonds. The second kappa shape index (κ2) is 6.44. The molecule has 1 saturated heterocycles. The van der Waals surface area contributed by atoms with Crippen molar-refractivity contribution >= 4 is 6.09 Å². The number of rotatable bonds is 2. The smallest absolute Gasteiger partial charge is 0.410 e. The van der Waals surface area contributed by atoms with E-state index in [0.29, 0.717) is 5.92 Å². The average molecular weight is 250 g/mol. The van der Waals surface area contributed by atoms with Crippen LogP contribution in [0.5, 0.6) is 0 Å². The number of ether oxygens (including phenoxy) is 1. The normalized spacial score (nSPS) is 17.8. The van der Waals surface area contributed by atoms with Crippen LogP contribution in [0.3, 0.4) is 0 Å². The fourth-order valence-corrected chi connectivity index (χ4v) is 1.99. The van der Waals surface area contributed by atoms with Crippen LogP contribution in [0, 0.1) is 17.2 Å². The van der Waals surface area contributed by atoms with E-state index in [2.05, 4.69) is 0 Å². The lowest BCUT2D eigenvalue weighted by atomic mass is 9.93. The van der Waals surface area contributed by atoms with E-state index >= 15 is 0 Å². The summed E-state index contributed by atoms with van der Waals surface area (Å²) >= 11 is 0. The molecule has 0 aliphatic carbocycles. The zero-order valence-electron chi connectivity index (χ0n) is 11.5. The largest absolute Gasteiger partial charge is 0.444 e. The van der Waals surface area contributed by atoms with Crippen molar-refractivity contribution in [3.63, 3.8) is 0 Å². The molecule has 1 fully saturated rings. The molecular formula is C14H22N2O2. The first-order valence-corrected chi connectivity index (χ1v) is 6.45. The number of amides is 1. The highest BCUT2D eigenvalue weighted by molar-refractivity contribution is 5.68. The predicted octanol–water partition coefficient (Wildman–Crippen LogP) is 3.10. The molecule has 0 aromatic rings. The van der Waals surface area contributed by atoms with Crippen molar-refractivity contribution in [1.29, 1.82) is 5.26 Å². The Bertz CT molecular complexity index is 342. The Morgan fingerprint density at radius 3 is 2.56 bits per heavy atom. The van der Waals surface area contributed by atoms with Crippen LogP contribution in [-0.4, -0.2) is 29.7 Å². The quantitative estimate of drug-likeness (QED) is 0.708. The summed E-state index contributed by atoms with van der Waals surface area (Å²) < 4.78 is 5.34. The van der Waals surface area contributed by atoms with Crippen LogP contribution in [0.4, 0.5) is 4.79 Å². The molecule has 0 radical (unpaired) electrons. The van der Waals surface area contributed by atoms with Crippen molar-refractivity contribution in [3.8, 4) is 6.07 Å². The van der Waals surface area contributed by atoms with Crippen LogP contribution >= 0.6 is 0 Å². The Morgan fingerprint density at radius 2 is 2.06 bits per heavy atom. The SMILES string of the molecule is CC(C)(C)OC(=O)N1CCC(C/C=C\C#N)CC1. The number of nitriles is 1. The maximum atomic E-state index is 11.8. The van der Waals surface area contributed by atoms with Gasteiger partial charge in [-0.1, -0.05) is 6.08 Å². The number of nitrogens with zero attached hydrogens (tertiary/aromatic N) is 2. The summed E-state index contributed by atoms with van der Waals surface area (Å²) in [6, 6.07) is 1.99. The Kier molecular flexibility index (Phi) is 5.21. The minimum absolute atomic E-state index is 0.214. The van der Waals surface area contributed by atoms with Gasteiger partial charge in [-0.05, 0) is 46.0 Å². The first-order valence-electron chi connectivity index (χ1n) is 6.45. The van der Waals surface area contributed by atoms with Gasteiger partial charge < -0.3 is 9.64 Å². The van der Waals surface area contributed by atoms with E-state index in [-0.39, 0.29) is 6.09 Å². The second-order valence-corrected chi connectivity index (χ2v) is 5.68. The van der Waals surface area contributed by atoms with E-state index in [0.717, 1.165) is 32.4 Å². The van der Waals surface area contributed by atoms with Gasteiger partial charge in [-0.25, -0.2) is 4.79 Å². The number of allylic oxidation sites excluding steroid dienone is 2. The van der Waals surface area contributed by atoms with Gasteiger partial charge in [0.25, 0.3) is 0 Å². The van der Waals surface area contributed by atoms with Crippen molar-refractivity contribution in [2.45, 2.75) is 45.6 Å². The van der Waals surface area contributed by atoms with Gasteiger partial charge in [0.1, 0.15) is 5.60 Å². The third-order valence-electron chi connectivity index (χ3n) is 2.93. The van der Waals surface area contributed by atoms with Crippen molar-refractivity contribution < 1.29 is 9.53 Å². The summed E-state index contributed by atoms with van der Waals surface area (Å²) in [6.45, 7) is 7.14. The predicted molar refractivity (Wildman–Crippen MR) is 69.9 cm³/mol. The zero-order valence-corrected chi connectivity index (χ0v) is 11.5. The van der Waals surface area contributed by atoms with Gasteiger partial charge >= 0.3 is 6.09 Å². The number of carbonyl (C=O) groups excluding carboxylic acids is 1. The highest BCUT2D eigenvalue weighted by atomic mass is 16.6. The van der Waals surface area contributed by atoms with Crippen LogP contribution in [-0.2, 0) is 4.74 Å². The molecule has 1 heterocycles. The second-order valence-electron chi connectivity index (χ2n) is 5.68. The molecule has 100 valence electrons. The standard InChI is InChI=1S/C14H22N2O2/c1-14(2,3)18-13(17)16-10-7-12(8-11-16)6-4-5-9-15/h4-5,12H,6-8,10-11H2,1-3H3/b5-4-. The van der Waals surface area contributed by atoms with Crippen LogP contribution in [0.1, 0.15) is 40.0 Å². The molecule has 0 unspecified atom stereocenters. The van der Waals surface area contributed by atoms with Crippen molar-refractivity contribution in [3.05, 3.63) is 12.2 Å². The highest BCUT2D eigenvalue weighted by Crippen LogP contribution is 2.22. The molecule has 0 bridgehead atoms. The van der Waals surface area contributed by atoms with Gasteiger partial charge in [-0.2, -0.15) is 5.26 Å². The fraction of sp³-hybridized carbons (Fsp3) is 0.714. The van der Waals surface area contributed by atoms with Gasteiger partial charge in [0.15, 0.2) is 0 Å². The average Bonchev–Trinajstić information content (AvgIpc) is 2.28. The third-order valence-corrected chi connectivity index (χ3v) is 2.93. The molecule has 1 rings (SSSR count). The van der Waals surface area contributed by atoms with E-state index in [9.17, 15) is 4.79 Å². The van der Waals surface area contributed by atoms with E-state index in [1.165, 1.54) is 6.08 Å². The number of carbonyl (C=O) groups is 1. The monoisotopic (exact) mass is 250 g/mol. The van der Waals surface area contributed by atoms with Gasteiger partial charge in [-0.15, -0.1) is 0 Å². The zero-order chi connectivity index (χ0) is 13.6. The lowest BCUT2D eigenvalue weighted by molar-refractivity contribution is 0.0185. The Balaban J connectivity index is 2.33. The Labute approximate surface area is 109 Å². The fourth-order valence-electron chi connectivity index (χ4n) is 1.99. The van der Waals surface area contributed by atoms with Gasteiger partial charge in [0, 0.05) is 19.2 Å². The van der Waals surface area contributed by atoms with E-state index in [4.69, 9.17) is 10.00 Å². The molecule has 1 aliphatic rings. The molecule has 0 aromatic heterocycles. The van der Waals surface area contributed by atoms with Crippen molar-refractivity contribution in [2.75, 3.05) is 13.1 Å². The van der Waals surface area contributed by atoms with Crippen LogP contribution in [0.25, 0.3) is 0 Å². The summed E-state index contributed by atoms with van der Waals surface area (Å²) in [5, 5.41) is 8.41. The van der Waals surface area contributed by atoms with Gasteiger partial charge in [0.05, 0.1) is 6.07 Å². The Hall–Kier alpha value is -1.50. The molecular weight excluding hydrogens is 228 g/mol. The van der Waals surface area contributed by atoms with Crippen molar-refractivity contribution in [1.82, 2.24) is 4.90 Å². The minimum Gasteiger partial charge on any atom is -0.444 e. The molecule has 0 atom stereocenters. The summed E-state index contributed by atoms with van der Waals surface area (Å²) in [5.74, 6) is 0.577. The summed E-state index contributed by atoms with van der Waals surface area (Å²) in [5.41, 5.74) is -0.427. The molecule has 4 heteroatoms. The summed E-state index contributed by atoms with van der Waals surface area (Å²) in [6.07, 6.45) is 6.11. The van der Waals surface area contributed by atoms with Crippen LogP contribution in [0.2, 0.25) is 0 Å². The first-order chi connectivity index (χ1) is 8.42. The van der Waals surface area contributed by atoms with E-state index < -0.39 is 5.60 Å². The number of likely N-dealkylation sites (tertiary alicyclic amines) is 1. The summed E-state index contributed by atoms with van der Waals surface area (Å²) in [4.78, 5) is 13.6. The van der Waals surface area contributed by atoms with Gasteiger partial charge in [0.2, 0.25) is 0 Å². The molecule has 0 aromatic carbocycles. The highest BCUT2D eigenvalue weighted by Gasteiger charge is 2.26. The molecule has 0 saturated carbocycles.